The third kappa shape index (κ3) is 4.70. The molecule has 0 bridgehead atoms. The summed E-state index contributed by atoms with van der Waals surface area (Å²) in [7, 11) is -3.72. The number of nitrogens with one attached hydrogen (secondary N) is 3. The smallest absolute Gasteiger partial charge is 0.265 e. The van der Waals surface area contributed by atoms with Gasteiger partial charge >= 0.3 is 0 Å². The normalized spacial score (nSPS) is 11.4. The van der Waals surface area contributed by atoms with E-state index < -0.39 is 10.0 Å². The molecule has 0 fully saturated rings. The number of nitrogens with zero attached hydrogens (tertiary/aromatic N) is 4. The average molecular weight is 430 g/mol. The third-order valence-corrected chi connectivity index (χ3v) is 6.29. The highest BCUT2D eigenvalue weighted by Crippen LogP contribution is 2.24. The Morgan fingerprint density at radius 3 is 2.20 bits per heavy atom. The molecule has 0 radical (unpaired) electrons. The van der Waals surface area contributed by atoms with Crippen molar-refractivity contribution in [3.8, 4) is 0 Å². The number of aryl methyl sites for hydroxylation is 3. The molecule has 9 nitrogen and oxygen atoms in total. The summed E-state index contributed by atoms with van der Waals surface area (Å²) in [5, 5.41) is 9.90. The number of aromatic amines is 1. The summed E-state index contributed by atoms with van der Waals surface area (Å²) in [5.74, 6) is 2.23. The lowest BCUT2D eigenvalue weighted by atomic mass is 10.3. The van der Waals surface area contributed by atoms with Crippen molar-refractivity contribution in [2.24, 2.45) is 0 Å². The van der Waals surface area contributed by atoms with Gasteiger partial charge in [0, 0.05) is 30.5 Å². The van der Waals surface area contributed by atoms with Gasteiger partial charge in [-0.3, -0.25) is 9.82 Å². The Balaban J connectivity index is 1.77. The first-order valence-electron chi connectivity index (χ1n) is 9.75. The molecular weight excluding hydrogens is 402 g/mol. The SMILES string of the molecule is CCN(CC)c1cc(Nc2ccc(NS(=O)(=O)c3c(C)n[nH]c3C)cc2)nc(C)n1. The summed E-state index contributed by atoms with van der Waals surface area (Å²) in [4.78, 5) is 11.3. The van der Waals surface area contributed by atoms with E-state index in [0.717, 1.165) is 24.6 Å². The van der Waals surface area contributed by atoms with Crippen LogP contribution in [0, 0.1) is 20.8 Å². The molecule has 0 atom stereocenters. The molecule has 0 spiro atoms. The van der Waals surface area contributed by atoms with Crippen molar-refractivity contribution in [2.45, 2.75) is 39.5 Å². The van der Waals surface area contributed by atoms with E-state index in [1.807, 2.05) is 13.0 Å². The van der Waals surface area contributed by atoms with Gasteiger partial charge in [0.05, 0.1) is 11.4 Å². The number of H-pyrrole nitrogens is 1. The molecule has 2 aromatic heterocycles. The summed E-state index contributed by atoms with van der Waals surface area (Å²) >= 11 is 0. The maximum Gasteiger partial charge on any atom is 0.265 e. The van der Waals surface area contributed by atoms with E-state index in [-0.39, 0.29) is 4.90 Å². The number of hydrogen-bond donors (Lipinski definition) is 3. The van der Waals surface area contributed by atoms with E-state index in [1.165, 1.54) is 0 Å². The molecule has 3 aromatic rings. The minimum Gasteiger partial charge on any atom is -0.357 e. The Bertz CT molecular complexity index is 1100. The van der Waals surface area contributed by atoms with Crippen LogP contribution in [0.1, 0.15) is 31.1 Å². The Morgan fingerprint density at radius 1 is 1.00 bits per heavy atom. The highest BCUT2D eigenvalue weighted by atomic mass is 32.2. The van der Waals surface area contributed by atoms with Gasteiger partial charge in [-0.2, -0.15) is 5.10 Å². The van der Waals surface area contributed by atoms with Gasteiger partial charge in [-0.25, -0.2) is 18.4 Å². The van der Waals surface area contributed by atoms with E-state index in [0.29, 0.717) is 28.7 Å². The van der Waals surface area contributed by atoms with E-state index in [1.54, 1.807) is 38.1 Å². The average Bonchev–Trinajstić information content (AvgIpc) is 3.03. The van der Waals surface area contributed by atoms with Crippen LogP contribution in [0.2, 0.25) is 0 Å². The second-order valence-electron chi connectivity index (χ2n) is 6.90. The summed E-state index contributed by atoms with van der Waals surface area (Å²) < 4.78 is 27.9. The Kier molecular flexibility index (Phi) is 6.25. The zero-order valence-corrected chi connectivity index (χ0v) is 18.6. The fourth-order valence-electron chi connectivity index (χ4n) is 3.24. The quantitative estimate of drug-likeness (QED) is 0.502. The zero-order chi connectivity index (χ0) is 21.9. The molecule has 0 aliphatic carbocycles. The van der Waals surface area contributed by atoms with Crippen molar-refractivity contribution in [1.82, 2.24) is 20.2 Å². The molecule has 0 aliphatic rings. The zero-order valence-electron chi connectivity index (χ0n) is 17.8. The minimum atomic E-state index is -3.72. The molecule has 0 saturated heterocycles. The van der Waals surface area contributed by atoms with Gasteiger partial charge in [0.25, 0.3) is 10.0 Å². The van der Waals surface area contributed by atoms with Crippen molar-refractivity contribution in [3.63, 3.8) is 0 Å². The first-order valence-corrected chi connectivity index (χ1v) is 11.2. The van der Waals surface area contributed by atoms with Crippen molar-refractivity contribution < 1.29 is 8.42 Å². The maximum atomic E-state index is 12.7. The summed E-state index contributed by atoms with van der Waals surface area (Å²) in [5.41, 5.74) is 2.18. The van der Waals surface area contributed by atoms with Crippen LogP contribution in [0.3, 0.4) is 0 Å². The van der Waals surface area contributed by atoms with Crippen molar-refractivity contribution in [2.75, 3.05) is 28.0 Å². The highest BCUT2D eigenvalue weighted by molar-refractivity contribution is 7.92. The molecule has 1 aromatic carbocycles. The van der Waals surface area contributed by atoms with Gasteiger partial charge in [0.15, 0.2) is 0 Å². The van der Waals surface area contributed by atoms with Gasteiger partial charge in [0.1, 0.15) is 22.4 Å². The predicted octanol–water partition coefficient (Wildman–Crippen LogP) is 3.52. The van der Waals surface area contributed by atoms with Gasteiger partial charge < -0.3 is 10.2 Å². The number of rotatable bonds is 8. The van der Waals surface area contributed by atoms with Crippen LogP contribution in [0.4, 0.5) is 23.0 Å². The van der Waals surface area contributed by atoms with Gasteiger partial charge in [-0.05, 0) is 58.9 Å². The van der Waals surface area contributed by atoms with Crippen molar-refractivity contribution >= 4 is 33.0 Å². The van der Waals surface area contributed by atoms with Gasteiger partial charge in [-0.15, -0.1) is 0 Å². The second kappa shape index (κ2) is 8.70. The van der Waals surface area contributed by atoms with E-state index in [9.17, 15) is 8.42 Å². The van der Waals surface area contributed by atoms with Crippen LogP contribution in [0.5, 0.6) is 0 Å². The third-order valence-electron chi connectivity index (χ3n) is 4.65. The topological polar surface area (TPSA) is 116 Å². The molecule has 160 valence electrons. The molecule has 2 heterocycles. The Morgan fingerprint density at radius 2 is 1.63 bits per heavy atom. The Labute approximate surface area is 177 Å². The molecule has 0 aliphatic heterocycles. The van der Waals surface area contributed by atoms with Crippen LogP contribution in [0.15, 0.2) is 35.2 Å². The summed E-state index contributed by atoms with van der Waals surface area (Å²) in [6.45, 7) is 11.1. The highest BCUT2D eigenvalue weighted by Gasteiger charge is 2.22. The van der Waals surface area contributed by atoms with Crippen LogP contribution in [-0.4, -0.2) is 41.7 Å². The van der Waals surface area contributed by atoms with E-state index >= 15 is 0 Å². The monoisotopic (exact) mass is 429 g/mol. The largest absolute Gasteiger partial charge is 0.357 e. The predicted molar refractivity (Wildman–Crippen MR) is 119 cm³/mol. The fourth-order valence-corrected chi connectivity index (χ4v) is 4.67. The van der Waals surface area contributed by atoms with E-state index in [4.69, 9.17) is 0 Å². The fraction of sp³-hybridized carbons (Fsp3) is 0.350. The van der Waals surface area contributed by atoms with Gasteiger partial charge in [0.2, 0.25) is 0 Å². The lowest BCUT2D eigenvalue weighted by Gasteiger charge is -2.20. The molecule has 0 unspecified atom stereocenters. The van der Waals surface area contributed by atoms with Crippen LogP contribution >= 0.6 is 0 Å². The number of hydrogen-bond acceptors (Lipinski definition) is 7. The molecule has 3 rings (SSSR count). The number of sulfonamides is 1. The first-order chi connectivity index (χ1) is 14.2. The molecular formula is C20H27N7O2S. The maximum absolute atomic E-state index is 12.7. The lowest BCUT2D eigenvalue weighted by molar-refractivity contribution is 0.600. The van der Waals surface area contributed by atoms with E-state index in [2.05, 4.69) is 49.0 Å². The van der Waals surface area contributed by atoms with Gasteiger partial charge in [-0.1, -0.05) is 0 Å². The molecule has 3 N–H and O–H groups in total. The molecule has 10 heteroatoms. The van der Waals surface area contributed by atoms with Crippen molar-refractivity contribution in [1.29, 1.82) is 0 Å². The number of benzene rings is 1. The summed E-state index contributed by atoms with van der Waals surface area (Å²) in [6, 6.07) is 8.89. The van der Waals surface area contributed by atoms with Crippen LogP contribution in [0.25, 0.3) is 0 Å². The standard InChI is InChI=1S/C20H27N7O2S/c1-6-27(7-2)19-12-18(21-15(5)22-19)23-16-8-10-17(11-9-16)26-30(28,29)20-13(3)24-25-14(20)4/h8-12,26H,6-7H2,1-5H3,(H,24,25)(H,21,22,23). The molecule has 30 heavy (non-hydrogen) atoms. The number of anilines is 4. The first kappa shape index (κ1) is 21.6. The second-order valence-corrected chi connectivity index (χ2v) is 8.52. The summed E-state index contributed by atoms with van der Waals surface area (Å²) in [6.07, 6.45) is 0. The van der Waals surface area contributed by atoms with Crippen molar-refractivity contribution in [3.05, 3.63) is 47.5 Å². The number of aromatic nitrogens is 4. The minimum absolute atomic E-state index is 0.171. The molecule has 0 amide bonds. The molecule has 0 saturated carbocycles. The Hall–Kier alpha value is -3.14. The lowest BCUT2D eigenvalue weighted by Crippen LogP contribution is -2.23. The van der Waals surface area contributed by atoms with Crippen LogP contribution in [-0.2, 0) is 10.0 Å². The van der Waals surface area contributed by atoms with Crippen LogP contribution < -0.4 is 14.9 Å².